The number of hydrogen-bond acceptors (Lipinski definition) is 3. The van der Waals surface area contributed by atoms with Crippen molar-refractivity contribution in [3.8, 4) is 0 Å². The van der Waals surface area contributed by atoms with E-state index in [1.54, 1.807) is 0 Å². The second-order valence-corrected chi connectivity index (χ2v) is 4.27. The van der Waals surface area contributed by atoms with Crippen molar-refractivity contribution in [1.29, 1.82) is 0 Å². The average Bonchev–Trinajstić information content (AvgIpc) is 1.94. The SMILES string of the molecule is CCCOC(=O)C1C2CC1(C(=O)O)C2. The standard InChI is InChI=1S/C10H14O4/c1-2-3-14-8(11)7-6-4-10(7,5-6)9(12)13/h6-7H,2-5H2,1H3,(H,12,13). The molecule has 3 saturated carbocycles. The van der Waals surface area contributed by atoms with Gasteiger partial charge in [0.25, 0.3) is 0 Å². The third-order valence-electron chi connectivity index (χ3n) is 3.45. The molecule has 3 aliphatic rings. The van der Waals surface area contributed by atoms with Crippen LogP contribution in [0, 0.1) is 17.3 Å². The molecule has 3 aliphatic carbocycles. The monoisotopic (exact) mass is 198 g/mol. The molecule has 0 aromatic carbocycles. The first-order valence-corrected chi connectivity index (χ1v) is 5.02. The predicted octanol–water partition coefficient (Wildman–Crippen LogP) is 1.05. The Labute approximate surface area is 82.2 Å². The highest BCUT2D eigenvalue weighted by Gasteiger charge is 2.73. The maximum atomic E-state index is 11.4. The van der Waals surface area contributed by atoms with Crippen LogP contribution in [0.2, 0.25) is 0 Å². The Hall–Kier alpha value is -1.06. The quantitative estimate of drug-likeness (QED) is 0.686. The van der Waals surface area contributed by atoms with Crippen LogP contribution in [0.1, 0.15) is 26.2 Å². The molecule has 0 aromatic heterocycles. The van der Waals surface area contributed by atoms with E-state index in [1.165, 1.54) is 0 Å². The Kier molecular flexibility index (Phi) is 2.01. The third kappa shape index (κ3) is 0.996. The summed E-state index contributed by atoms with van der Waals surface area (Å²) in [4.78, 5) is 22.4. The normalized spacial score (nSPS) is 38.1. The molecule has 4 nitrogen and oxygen atoms in total. The van der Waals surface area contributed by atoms with Gasteiger partial charge in [-0.15, -0.1) is 0 Å². The Morgan fingerprint density at radius 1 is 1.50 bits per heavy atom. The molecular formula is C10H14O4. The van der Waals surface area contributed by atoms with Crippen LogP contribution in [0.4, 0.5) is 0 Å². The van der Waals surface area contributed by atoms with E-state index in [0.29, 0.717) is 19.4 Å². The topological polar surface area (TPSA) is 63.6 Å². The van der Waals surface area contributed by atoms with E-state index < -0.39 is 11.4 Å². The highest BCUT2D eigenvalue weighted by atomic mass is 16.5. The lowest BCUT2D eigenvalue weighted by Gasteiger charge is -2.63. The molecule has 0 aromatic rings. The van der Waals surface area contributed by atoms with Gasteiger partial charge >= 0.3 is 11.9 Å². The van der Waals surface area contributed by atoms with Gasteiger partial charge in [-0.3, -0.25) is 9.59 Å². The van der Waals surface area contributed by atoms with Crippen molar-refractivity contribution in [1.82, 2.24) is 0 Å². The summed E-state index contributed by atoms with van der Waals surface area (Å²) in [5.74, 6) is -1.22. The van der Waals surface area contributed by atoms with Gasteiger partial charge in [-0.2, -0.15) is 0 Å². The molecule has 1 unspecified atom stereocenters. The Morgan fingerprint density at radius 3 is 2.50 bits per heavy atom. The Balaban J connectivity index is 1.95. The number of carboxylic acids is 1. The van der Waals surface area contributed by atoms with Crippen LogP contribution in [-0.4, -0.2) is 23.7 Å². The molecule has 4 heteroatoms. The maximum absolute atomic E-state index is 11.4. The van der Waals surface area contributed by atoms with E-state index in [9.17, 15) is 9.59 Å². The number of carbonyl (C=O) groups is 2. The lowest BCUT2D eigenvalue weighted by Crippen LogP contribution is -2.68. The van der Waals surface area contributed by atoms with Crippen LogP contribution in [0.5, 0.6) is 0 Å². The first kappa shape index (κ1) is 9.49. The van der Waals surface area contributed by atoms with Crippen molar-refractivity contribution in [3.05, 3.63) is 0 Å². The van der Waals surface area contributed by atoms with Gasteiger partial charge in [-0.25, -0.2) is 0 Å². The molecule has 0 saturated heterocycles. The number of carbonyl (C=O) groups excluding carboxylic acids is 1. The van der Waals surface area contributed by atoms with Gasteiger partial charge in [0.15, 0.2) is 0 Å². The molecule has 0 spiro atoms. The lowest BCUT2D eigenvalue weighted by atomic mass is 9.37. The van der Waals surface area contributed by atoms with Crippen molar-refractivity contribution in [3.63, 3.8) is 0 Å². The minimum absolute atomic E-state index is 0.274. The number of aliphatic carboxylic acids is 1. The molecule has 3 fully saturated rings. The summed E-state index contributed by atoms with van der Waals surface area (Å²) >= 11 is 0. The molecule has 14 heavy (non-hydrogen) atoms. The summed E-state index contributed by atoms with van der Waals surface area (Å²) in [6.45, 7) is 2.32. The number of esters is 1. The largest absolute Gasteiger partial charge is 0.481 e. The van der Waals surface area contributed by atoms with E-state index in [4.69, 9.17) is 9.84 Å². The molecule has 0 aliphatic heterocycles. The molecule has 1 atom stereocenters. The minimum atomic E-state index is -0.835. The zero-order chi connectivity index (χ0) is 10.3. The van der Waals surface area contributed by atoms with Gasteiger partial charge in [0.05, 0.1) is 17.9 Å². The van der Waals surface area contributed by atoms with Crippen LogP contribution in [0.15, 0.2) is 0 Å². The van der Waals surface area contributed by atoms with Gasteiger partial charge in [0.1, 0.15) is 0 Å². The van der Waals surface area contributed by atoms with Crippen molar-refractivity contribution in [2.75, 3.05) is 6.61 Å². The average molecular weight is 198 g/mol. The summed E-state index contributed by atoms with van der Waals surface area (Å²) in [7, 11) is 0. The van der Waals surface area contributed by atoms with E-state index >= 15 is 0 Å². The molecular weight excluding hydrogens is 184 g/mol. The van der Waals surface area contributed by atoms with Gasteiger partial charge in [0.2, 0.25) is 0 Å². The van der Waals surface area contributed by atoms with Crippen molar-refractivity contribution in [2.24, 2.45) is 17.3 Å². The zero-order valence-electron chi connectivity index (χ0n) is 8.16. The Bertz CT molecular complexity index is 278. The van der Waals surface area contributed by atoms with Gasteiger partial charge in [-0.05, 0) is 25.2 Å². The number of hydrogen-bond donors (Lipinski definition) is 1. The summed E-state index contributed by atoms with van der Waals surface area (Å²) in [5.41, 5.74) is -0.754. The highest BCUT2D eigenvalue weighted by molar-refractivity contribution is 5.89. The van der Waals surface area contributed by atoms with Crippen LogP contribution in [0.25, 0.3) is 0 Å². The number of carboxylic acid groups (broad SMARTS) is 1. The van der Waals surface area contributed by atoms with Gasteiger partial charge in [-0.1, -0.05) is 6.92 Å². The fraction of sp³-hybridized carbons (Fsp3) is 0.800. The number of rotatable bonds is 4. The highest BCUT2D eigenvalue weighted by Crippen LogP contribution is 2.69. The summed E-state index contributed by atoms with van der Waals surface area (Å²) in [6.07, 6.45) is 2.10. The van der Waals surface area contributed by atoms with Crippen LogP contribution < -0.4 is 0 Å². The van der Waals surface area contributed by atoms with Crippen molar-refractivity contribution in [2.45, 2.75) is 26.2 Å². The van der Waals surface area contributed by atoms with Crippen LogP contribution in [-0.2, 0) is 14.3 Å². The Morgan fingerprint density at radius 2 is 2.14 bits per heavy atom. The summed E-state index contributed by atoms with van der Waals surface area (Å²) in [5, 5.41) is 8.97. The fourth-order valence-corrected chi connectivity index (χ4v) is 2.51. The minimum Gasteiger partial charge on any atom is -0.481 e. The smallest absolute Gasteiger partial charge is 0.310 e. The van der Waals surface area contributed by atoms with E-state index in [1.807, 2.05) is 6.92 Å². The van der Waals surface area contributed by atoms with E-state index in [0.717, 1.165) is 6.42 Å². The second-order valence-electron chi connectivity index (χ2n) is 4.27. The van der Waals surface area contributed by atoms with Crippen LogP contribution >= 0.6 is 0 Å². The molecule has 1 N–H and O–H groups in total. The fourth-order valence-electron chi connectivity index (χ4n) is 2.51. The molecule has 0 radical (unpaired) electrons. The van der Waals surface area contributed by atoms with E-state index in [-0.39, 0.29) is 17.8 Å². The summed E-state index contributed by atoms with van der Waals surface area (Å²) in [6, 6.07) is 0. The zero-order valence-corrected chi connectivity index (χ0v) is 8.16. The maximum Gasteiger partial charge on any atom is 0.310 e. The number of ether oxygens (including phenoxy) is 1. The summed E-state index contributed by atoms with van der Waals surface area (Å²) < 4.78 is 4.97. The van der Waals surface area contributed by atoms with E-state index in [2.05, 4.69) is 0 Å². The molecule has 0 heterocycles. The van der Waals surface area contributed by atoms with Gasteiger partial charge < -0.3 is 9.84 Å². The van der Waals surface area contributed by atoms with Crippen LogP contribution in [0.3, 0.4) is 0 Å². The predicted molar refractivity (Wildman–Crippen MR) is 47.5 cm³/mol. The van der Waals surface area contributed by atoms with Gasteiger partial charge in [0, 0.05) is 0 Å². The first-order valence-electron chi connectivity index (χ1n) is 5.02. The van der Waals surface area contributed by atoms with Crippen molar-refractivity contribution < 1.29 is 19.4 Å². The molecule has 78 valence electrons. The third-order valence-corrected chi connectivity index (χ3v) is 3.45. The first-order chi connectivity index (χ1) is 6.62. The van der Waals surface area contributed by atoms with Crippen molar-refractivity contribution >= 4 is 11.9 Å². The molecule has 0 amide bonds. The molecule has 2 bridgehead atoms. The second kappa shape index (κ2) is 2.97. The molecule has 3 rings (SSSR count). The lowest BCUT2D eigenvalue weighted by molar-refractivity contribution is -0.227.